The van der Waals surface area contributed by atoms with E-state index in [1.54, 1.807) is 0 Å². The van der Waals surface area contributed by atoms with E-state index >= 15 is 0 Å². The molecule has 72 valence electrons. The zero-order valence-corrected chi connectivity index (χ0v) is 8.70. The molecule has 1 aromatic rings. The van der Waals surface area contributed by atoms with E-state index in [-0.39, 0.29) is 6.04 Å². The Morgan fingerprint density at radius 2 is 1.77 bits per heavy atom. The first-order valence-electron chi connectivity index (χ1n) is 4.64. The average Bonchev–Trinajstić information content (AvgIpc) is 2.17. The summed E-state index contributed by atoms with van der Waals surface area (Å²) in [7, 11) is 1.92. The Balaban J connectivity index is 2.91. The molecule has 13 heavy (non-hydrogen) atoms. The number of rotatable bonds is 3. The Morgan fingerprint density at radius 3 is 2.31 bits per heavy atom. The third-order valence-corrected chi connectivity index (χ3v) is 2.14. The van der Waals surface area contributed by atoms with Gasteiger partial charge in [0, 0.05) is 18.4 Å². The van der Waals surface area contributed by atoms with E-state index in [1.807, 2.05) is 19.4 Å². The van der Waals surface area contributed by atoms with Gasteiger partial charge < -0.3 is 5.32 Å². The lowest BCUT2D eigenvalue weighted by Gasteiger charge is -2.11. The van der Waals surface area contributed by atoms with E-state index in [0.717, 1.165) is 11.4 Å². The highest BCUT2D eigenvalue weighted by Gasteiger charge is 2.07. The third kappa shape index (κ3) is 2.49. The molecule has 0 aromatic carbocycles. The van der Waals surface area contributed by atoms with E-state index in [0.29, 0.717) is 5.92 Å². The van der Waals surface area contributed by atoms with Crippen LogP contribution in [0.15, 0.2) is 12.4 Å². The number of nitrogens with zero attached hydrogens (tertiary/aromatic N) is 2. The van der Waals surface area contributed by atoms with Crippen LogP contribution in [0.4, 0.5) is 0 Å². The summed E-state index contributed by atoms with van der Waals surface area (Å²) in [6.45, 7) is 6.32. The van der Waals surface area contributed by atoms with Crippen molar-refractivity contribution >= 4 is 0 Å². The summed E-state index contributed by atoms with van der Waals surface area (Å²) in [5.41, 5.74) is 2.06. The molecule has 1 N–H and O–H groups in total. The van der Waals surface area contributed by atoms with E-state index in [9.17, 15) is 0 Å². The predicted octanol–water partition coefficient (Wildman–Crippen LogP) is 1.88. The normalized spacial score (nSPS) is 13.3. The van der Waals surface area contributed by atoms with Crippen LogP contribution in [0.25, 0.3) is 0 Å². The van der Waals surface area contributed by atoms with E-state index in [2.05, 4.69) is 36.1 Å². The molecule has 3 heteroatoms. The maximum absolute atomic E-state index is 4.52. The van der Waals surface area contributed by atoms with Crippen LogP contribution in [0.3, 0.4) is 0 Å². The minimum absolute atomic E-state index is 0.270. The predicted molar refractivity (Wildman–Crippen MR) is 53.6 cm³/mol. The van der Waals surface area contributed by atoms with E-state index in [4.69, 9.17) is 0 Å². The minimum Gasteiger partial charge on any atom is -0.312 e. The topological polar surface area (TPSA) is 37.8 Å². The molecule has 1 heterocycles. The molecular weight excluding hydrogens is 162 g/mol. The van der Waals surface area contributed by atoms with Gasteiger partial charge in [-0.1, -0.05) is 13.8 Å². The van der Waals surface area contributed by atoms with Gasteiger partial charge in [0.15, 0.2) is 0 Å². The molecule has 0 amide bonds. The van der Waals surface area contributed by atoms with Crippen LogP contribution < -0.4 is 5.32 Å². The molecule has 0 saturated heterocycles. The van der Waals surface area contributed by atoms with Crippen molar-refractivity contribution in [3.8, 4) is 0 Å². The molecule has 1 aromatic heterocycles. The molecule has 1 atom stereocenters. The van der Waals surface area contributed by atoms with Gasteiger partial charge in [0.25, 0.3) is 0 Å². The van der Waals surface area contributed by atoms with Gasteiger partial charge in [-0.05, 0) is 19.9 Å². The molecule has 1 rings (SSSR count). The minimum atomic E-state index is 0.270. The molecule has 1 unspecified atom stereocenters. The summed E-state index contributed by atoms with van der Waals surface area (Å²) in [6.07, 6.45) is 3.64. The molecule has 0 aliphatic heterocycles. The standard InChI is InChI=1S/C10H17N3/c1-7(2)9-5-12-6-10(13-9)8(3)11-4/h5-8,11H,1-4H3. The summed E-state index contributed by atoms with van der Waals surface area (Å²) in [5, 5.41) is 3.14. The van der Waals surface area contributed by atoms with Crippen molar-refractivity contribution in [3.05, 3.63) is 23.8 Å². The van der Waals surface area contributed by atoms with Crippen molar-refractivity contribution in [2.24, 2.45) is 0 Å². The average molecular weight is 179 g/mol. The van der Waals surface area contributed by atoms with Gasteiger partial charge in [-0.15, -0.1) is 0 Å². The summed E-state index contributed by atoms with van der Waals surface area (Å²) < 4.78 is 0. The highest BCUT2D eigenvalue weighted by Crippen LogP contribution is 2.13. The molecule has 3 nitrogen and oxygen atoms in total. The second-order valence-corrected chi connectivity index (χ2v) is 3.53. The molecule has 0 aliphatic carbocycles. The Labute approximate surface area is 79.6 Å². The van der Waals surface area contributed by atoms with Gasteiger partial charge in [-0.25, -0.2) is 0 Å². The van der Waals surface area contributed by atoms with Crippen molar-refractivity contribution < 1.29 is 0 Å². The van der Waals surface area contributed by atoms with Crippen molar-refractivity contribution in [3.63, 3.8) is 0 Å². The van der Waals surface area contributed by atoms with Gasteiger partial charge in [0.05, 0.1) is 11.4 Å². The fourth-order valence-corrected chi connectivity index (χ4v) is 1.03. The van der Waals surface area contributed by atoms with Crippen molar-refractivity contribution in [2.45, 2.75) is 32.7 Å². The number of hydrogen-bond acceptors (Lipinski definition) is 3. The first kappa shape index (κ1) is 10.1. The van der Waals surface area contributed by atoms with Crippen LogP contribution in [0.5, 0.6) is 0 Å². The molecule has 0 spiro atoms. The fraction of sp³-hybridized carbons (Fsp3) is 0.600. The van der Waals surface area contributed by atoms with Crippen LogP contribution in [-0.2, 0) is 0 Å². The first-order valence-corrected chi connectivity index (χ1v) is 4.64. The molecule has 0 aliphatic rings. The highest BCUT2D eigenvalue weighted by atomic mass is 14.9. The highest BCUT2D eigenvalue weighted by molar-refractivity contribution is 5.09. The van der Waals surface area contributed by atoms with Gasteiger partial charge in [-0.2, -0.15) is 0 Å². The lowest BCUT2D eigenvalue weighted by Crippen LogP contribution is -2.15. The van der Waals surface area contributed by atoms with Crippen molar-refractivity contribution in [1.29, 1.82) is 0 Å². The largest absolute Gasteiger partial charge is 0.312 e. The van der Waals surface area contributed by atoms with Crippen molar-refractivity contribution in [2.75, 3.05) is 7.05 Å². The fourth-order valence-electron chi connectivity index (χ4n) is 1.03. The number of nitrogens with one attached hydrogen (secondary N) is 1. The second-order valence-electron chi connectivity index (χ2n) is 3.53. The molecule has 0 radical (unpaired) electrons. The van der Waals surface area contributed by atoms with E-state index in [1.165, 1.54) is 0 Å². The third-order valence-electron chi connectivity index (χ3n) is 2.14. The van der Waals surface area contributed by atoms with Crippen LogP contribution in [-0.4, -0.2) is 17.0 Å². The quantitative estimate of drug-likeness (QED) is 0.770. The maximum atomic E-state index is 4.52. The monoisotopic (exact) mass is 179 g/mol. The lowest BCUT2D eigenvalue weighted by atomic mass is 10.1. The summed E-state index contributed by atoms with van der Waals surface area (Å²) in [4.78, 5) is 8.69. The van der Waals surface area contributed by atoms with Crippen LogP contribution in [0.1, 0.15) is 44.1 Å². The molecule has 0 fully saturated rings. The molecule has 0 bridgehead atoms. The van der Waals surface area contributed by atoms with Gasteiger partial charge >= 0.3 is 0 Å². The van der Waals surface area contributed by atoms with E-state index < -0.39 is 0 Å². The first-order chi connectivity index (χ1) is 6.15. The van der Waals surface area contributed by atoms with Gasteiger partial charge in [-0.3, -0.25) is 9.97 Å². The number of hydrogen-bond donors (Lipinski definition) is 1. The molecular formula is C10H17N3. The summed E-state index contributed by atoms with van der Waals surface area (Å²) >= 11 is 0. The molecule has 0 saturated carbocycles. The Bertz CT molecular complexity index is 271. The summed E-state index contributed by atoms with van der Waals surface area (Å²) in [5.74, 6) is 0.441. The zero-order chi connectivity index (χ0) is 9.84. The van der Waals surface area contributed by atoms with Crippen LogP contribution in [0, 0.1) is 0 Å². The Hall–Kier alpha value is -0.960. The Kier molecular flexibility index (Phi) is 3.37. The zero-order valence-electron chi connectivity index (χ0n) is 8.70. The SMILES string of the molecule is CNC(C)c1cncc(C(C)C)n1. The smallest absolute Gasteiger partial charge is 0.0756 e. The van der Waals surface area contributed by atoms with Crippen molar-refractivity contribution in [1.82, 2.24) is 15.3 Å². The maximum Gasteiger partial charge on any atom is 0.0756 e. The Morgan fingerprint density at radius 1 is 1.15 bits per heavy atom. The van der Waals surface area contributed by atoms with Crippen LogP contribution in [0.2, 0.25) is 0 Å². The summed E-state index contributed by atoms with van der Waals surface area (Å²) in [6, 6.07) is 0.270. The van der Waals surface area contributed by atoms with Gasteiger partial charge in [0.1, 0.15) is 0 Å². The van der Waals surface area contributed by atoms with Gasteiger partial charge in [0.2, 0.25) is 0 Å². The lowest BCUT2D eigenvalue weighted by molar-refractivity contribution is 0.620. The number of aromatic nitrogens is 2. The second kappa shape index (κ2) is 4.33. The van der Waals surface area contributed by atoms with Crippen LogP contribution >= 0.6 is 0 Å².